The van der Waals surface area contributed by atoms with Gasteiger partial charge in [-0.2, -0.15) is 13.2 Å². The molecule has 2 aliphatic heterocycles. The lowest BCUT2D eigenvalue weighted by molar-refractivity contribution is -0.140. The molecule has 35 heavy (non-hydrogen) atoms. The largest absolute Gasteiger partial charge is 0.472 e. The van der Waals surface area contributed by atoms with Crippen molar-refractivity contribution >= 4 is 5.91 Å². The fourth-order valence-electron chi connectivity index (χ4n) is 5.15. The summed E-state index contributed by atoms with van der Waals surface area (Å²) in [7, 11) is 3.43. The highest BCUT2D eigenvalue weighted by atomic mass is 19.4. The molecule has 0 N–H and O–H groups in total. The number of halogens is 3. The molecular weight excluding hydrogens is 459 g/mol. The van der Waals surface area contributed by atoms with Gasteiger partial charge in [-0.1, -0.05) is 12.1 Å². The zero-order valence-electron chi connectivity index (χ0n) is 19.9. The minimum atomic E-state index is -4.46. The summed E-state index contributed by atoms with van der Waals surface area (Å²) in [6.45, 7) is 2.50. The van der Waals surface area contributed by atoms with E-state index in [0.29, 0.717) is 37.0 Å². The average molecular weight is 490 g/mol. The molecule has 7 nitrogen and oxygen atoms in total. The van der Waals surface area contributed by atoms with Gasteiger partial charge in [0, 0.05) is 44.6 Å². The monoisotopic (exact) mass is 489 g/mol. The van der Waals surface area contributed by atoms with Gasteiger partial charge in [-0.05, 0) is 44.6 Å². The zero-order chi connectivity index (χ0) is 24.7. The van der Waals surface area contributed by atoms with Crippen LogP contribution in [0.4, 0.5) is 13.2 Å². The Labute approximate surface area is 202 Å². The van der Waals surface area contributed by atoms with Crippen molar-refractivity contribution in [1.29, 1.82) is 0 Å². The average Bonchev–Trinajstić information content (AvgIpc) is 3.58. The number of alkyl halides is 3. The maximum Gasteiger partial charge on any atom is 0.416 e. The Balaban J connectivity index is 1.23. The van der Waals surface area contributed by atoms with Crippen molar-refractivity contribution in [1.82, 2.24) is 24.7 Å². The van der Waals surface area contributed by atoms with Gasteiger partial charge in [-0.25, -0.2) is 4.98 Å². The minimum absolute atomic E-state index is 0.0377. The van der Waals surface area contributed by atoms with Crippen LogP contribution in [0.3, 0.4) is 0 Å². The zero-order valence-corrected chi connectivity index (χ0v) is 19.9. The Morgan fingerprint density at radius 2 is 1.94 bits per heavy atom. The van der Waals surface area contributed by atoms with Crippen LogP contribution < -0.4 is 4.74 Å². The molecule has 0 bridgehead atoms. The number of hydrogen-bond acceptors (Lipinski definition) is 6. The summed E-state index contributed by atoms with van der Waals surface area (Å²) < 4.78 is 45.8. The van der Waals surface area contributed by atoms with Crippen LogP contribution in [-0.2, 0) is 11.0 Å². The number of benzene rings is 1. The number of likely N-dealkylation sites (N-methyl/N-ethyl adjacent to an activating group) is 1. The topological polar surface area (TPSA) is 61.8 Å². The number of hydrogen-bond donors (Lipinski definition) is 0. The molecule has 1 saturated carbocycles. The first-order valence-corrected chi connectivity index (χ1v) is 12.0. The molecule has 2 aromatic rings. The summed E-state index contributed by atoms with van der Waals surface area (Å²) >= 11 is 0. The molecular formula is C25H30F3N5O2. The normalized spacial score (nSPS) is 23.9. The Morgan fingerprint density at radius 3 is 2.60 bits per heavy atom. The summed E-state index contributed by atoms with van der Waals surface area (Å²) in [5, 5.41) is 0. The van der Waals surface area contributed by atoms with Gasteiger partial charge >= 0.3 is 6.18 Å². The van der Waals surface area contributed by atoms with Crippen molar-refractivity contribution in [3.8, 4) is 5.88 Å². The lowest BCUT2D eigenvalue weighted by Crippen LogP contribution is -2.54. The second-order valence-corrected chi connectivity index (χ2v) is 9.95. The molecule has 188 valence electrons. The number of rotatable bonds is 6. The SMILES string of the molecule is CN(C)C(C(=O)N1CCN2C[C@H](Oc3cnc(C4CC4)cn3)C[C@H]2C1)c1cccc(C(F)(F)F)c1. The van der Waals surface area contributed by atoms with Crippen molar-refractivity contribution in [2.45, 2.75) is 49.5 Å². The van der Waals surface area contributed by atoms with Gasteiger partial charge in [0.25, 0.3) is 0 Å². The number of carbonyl (C=O) groups is 1. The molecule has 1 aromatic carbocycles. The van der Waals surface area contributed by atoms with Crippen molar-refractivity contribution in [2.24, 2.45) is 0 Å². The first kappa shape index (κ1) is 24.0. The highest BCUT2D eigenvalue weighted by Gasteiger charge is 2.41. The van der Waals surface area contributed by atoms with E-state index < -0.39 is 17.8 Å². The van der Waals surface area contributed by atoms with Crippen LogP contribution in [0.5, 0.6) is 5.88 Å². The Bertz CT molecular complexity index is 1060. The van der Waals surface area contributed by atoms with Gasteiger partial charge < -0.3 is 9.64 Å². The summed E-state index contributed by atoms with van der Waals surface area (Å²) in [6.07, 6.45) is 2.10. The maximum absolute atomic E-state index is 13.5. The van der Waals surface area contributed by atoms with Crippen molar-refractivity contribution in [3.05, 3.63) is 53.5 Å². The van der Waals surface area contributed by atoms with Gasteiger partial charge in [-0.3, -0.25) is 19.6 Å². The smallest absolute Gasteiger partial charge is 0.416 e. The van der Waals surface area contributed by atoms with Crippen LogP contribution in [0.2, 0.25) is 0 Å². The summed E-state index contributed by atoms with van der Waals surface area (Å²) in [5.74, 6) is 0.881. The first-order chi connectivity index (χ1) is 16.7. The molecule has 1 unspecified atom stereocenters. The molecule has 3 fully saturated rings. The van der Waals surface area contributed by atoms with E-state index >= 15 is 0 Å². The first-order valence-electron chi connectivity index (χ1n) is 12.0. The van der Waals surface area contributed by atoms with E-state index in [4.69, 9.17) is 4.74 Å². The molecule has 3 atom stereocenters. The quantitative estimate of drug-likeness (QED) is 0.621. The third kappa shape index (κ3) is 5.28. The second kappa shape index (κ2) is 9.39. The number of ether oxygens (including phenoxy) is 1. The summed E-state index contributed by atoms with van der Waals surface area (Å²) in [5.41, 5.74) is 0.619. The predicted octanol–water partition coefficient (Wildman–Crippen LogP) is 3.34. The van der Waals surface area contributed by atoms with E-state index in [1.165, 1.54) is 18.9 Å². The van der Waals surface area contributed by atoms with Crippen molar-refractivity contribution in [2.75, 3.05) is 40.3 Å². The van der Waals surface area contributed by atoms with E-state index in [-0.39, 0.29) is 18.1 Å². The summed E-state index contributed by atoms with van der Waals surface area (Å²) in [6, 6.07) is 4.41. The number of aromatic nitrogens is 2. The Hall–Kier alpha value is -2.72. The van der Waals surface area contributed by atoms with Crippen LogP contribution >= 0.6 is 0 Å². The molecule has 1 aromatic heterocycles. The highest BCUT2D eigenvalue weighted by Crippen LogP contribution is 2.39. The van der Waals surface area contributed by atoms with Gasteiger partial charge in [0.15, 0.2) is 0 Å². The van der Waals surface area contributed by atoms with Crippen LogP contribution in [0.1, 0.15) is 48.0 Å². The number of fused-ring (bicyclic) bond motifs is 1. The van der Waals surface area contributed by atoms with E-state index in [0.717, 1.165) is 30.8 Å². The lowest BCUT2D eigenvalue weighted by Gasteiger charge is -2.39. The van der Waals surface area contributed by atoms with E-state index in [9.17, 15) is 18.0 Å². The maximum atomic E-state index is 13.5. The molecule has 1 aliphatic carbocycles. The third-order valence-electron chi connectivity index (χ3n) is 7.10. The van der Waals surface area contributed by atoms with Gasteiger partial charge in [0.1, 0.15) is 12.1 Å². The van der Waals surface area contributed by atoms with E-state index in [2.05, 4.69) is 14.9 Å². The van der Waals surface area contributed by atoms with E-state index in [1.807, 2.05) is 0 Å². The molecule has 3 heterocycles. The predicted molar refractivity (Wildman–Crippen MR) is 123 cm³/mol. The second-order valence-electron chi connectivity index (χ2n) is 9.95. The molecule has 5 rings (SSSR count). The molecule has 3 aliphatic rings. The van der Waals surface area contributed by atoms with Crippen LogP contribution in [0.25, 0.3) is 0 Å². The van der Waals surface area contributed by atoms with Crippen molar-refractivity contribution in [3.63, 3.8) is 0 Å². The molecule has 0 radical (unpaired) electrons. The molecule has 2 saturated heterocycles. The lowest BCUT2D eigenvalue weighted by atomic mass is 10.0. The van der Waals surface area contributed by atoms with Crippen LogP contribution in [0.15, 0.2) is 36.7 Å². The van der Waals surface area contributed by atoms with Gasteiger partial charge in [0.05, 0.1) is 23.7 Å². The van der Waals surface area contributed by atoms with Crippen LogP contribution in [0, 0.1) is 0 Å². The van der Waals surface area contributed by atoms with Crippen molar-refractivity contribution < 1.29 is 22.7 Å². The van der Waals surface area contributed by atoms with Gasteiger partial charge in [-0.15, -0.1) is 0 Å². The fourth-order valence-corrected chi connectivity index (χ4v) is 5.15. The number of amides is 1. The number of nitrogens with zero attached hydrogens (tertiary/aromatic N) is 5. The number of piperazine rings is 1. The summed E-state index contributed by atoms with van der Waals surface area (Å²) in [4.78, 5) is 28.1. The van der Waals surface area contributed by atoms with E-state index in [1.54, 1.807) is 42.4 Å². The Kier molecular flexibility index (Phi) is 6.43. The number of carbonyl (C=O) groups excluding carboxylic acids is 1. The molecule has 0 spiro atoms. The fraction of sp³-hybridized carbons (Fsp3) is 0.560. The Morgan fingerprint density at radius 1 is 1.14 bits per heavy atom. The molecule has 1 amide bonds. The molecule has 10 heteroatoms. The standard InChI is InChI=1S/C25H30F3N5O2/c1-31(2)23(17-4-3-5-18(10-17)25(26,27)28)24(34)33-9-8-32-15-20(11-19(32)14-33)35-22-13-29-21(12-30-22)16-6-7-16/h3-5,10,12-13,16,19-20,23H,6-9,11,14-15H2,1-2H3/t19-,20+,23?/m0/s1. The minimum Gasteiger partial charge on any atom is -0.472 e. The van der Waals surface area contributed by atoms with Crippen LogP contribution in [-0.4, -0.2) is 83.0 Å². The highest BCUT2D eigenvalue weighted by molar-refractivity contribution is 5.83. The van der Waals surface area contributed by atoms with Gasteiger partial charge in [0.2, 0.25) is 11.8 Å². The third-order valence-corrected chi connectivity index (χ3v) is 7.10.